The van der Waals surface area contributed by atoms with E-state index in [1.807, 2.05) is 13.1 Å². The zero-order valence-corrected chi connectivity index (χ0v) is 10.4. The summed E-state index contributed by atoms with van der Waals surface area (Å²) < 4.78 is 0. The van der Waals surface area contributed by atoms with Crippen molar-refractivity contribution >= 4 is 5.97 Å². The van der Waals surface area contributed by atoms with Crippen LogP contribution >= 0.6 is 0 Å². The molecule has 0 saturated heterocycles. The van der Waals surface area contributed by atoms with Gasteiger partial charge in [-0.1, -0.05) is 30.3 Å². The number of nitrogens with zero attached hydrogens (tertiary/aromatic N) is 1. The van der Waals surface area contributed by atoms with Gasteiger partial charge in [-0.2, -0.15) is 0 Å². The first-order chi connectivity index (χ1) is 8.18. The molecular formula is C14H21NO2. The van der Waals surface area contributed by atoms with E-state index >= 15 is 0 Å². The SMILES string of the molecule is CN(CCCC(=O)O)CCCc1ccccc1. The van der Waals surface area contributed by atoms with E-state index in [1.54, 1.807) is 0 Å². The van der Waals surface area contributed by atoms with E-state index in [0.717, 1.165) is 32.4 Å². The standard InChI is InChI=1S/C14H21NO2/c1-15(12-6-10-14(16)17)11-5-9-13-7-3-2-4-8-13/h2-4,7-8H,5-6,9-12H2,1H3,(H,16,17). The van der Waals surface area contributed by atoms with Crippen molar-refractivity contribution in [2.45, 2.75) is 25.7 Å². The normalized spacial score (nSPS) is 10.7. The Bertz CT molecular complexity index is 324. The smallest absolute Gasteiger partial charge is 0.303 e. The molecule has 0 unspecified atom stereocenters. The zero-order chi connectivity index (χ0) is 12.5. The van der Waals surface area contributed by atoms with Gasteiger partial charge in [-0.3, -0.25) is 4.79 Å². The number of benzene rings is 1. The van der Waals surface area contributed by atoms with E-state index < -0.39 is 5.97 Å². The Kier molecular flexibility index (Phi) is 6.33. The molecule has 0 fully saturated rings. The lowest BCUT2D eigenvalue weighted by molar-refractivity contribution is -0.137. The summed E-state index contributed by atoms with van der Waals surface area (Å²) in [7, 11) is 2.05. The van der Waals surface area contributed by atoms with Gasteiger partial charge in [0, 0.05) is 6.42 Å². The maximum atomic E-state index is 10.4. The molecule has 1 aromatic carbocycles. The molecular weight excluding hydrogens is 214 g/mol. The third-order valence-electron chi connectivity index (χ3n) is 2.78. The van der Waals surface area contributed by atoms with Crippen molar-refractivity contribution in [1.82, 2.24) is 4.90 Å². The number of carboxylic acids is 1. The Labute approximate surface area is 103 Å². The minimum absolute atomic E-state index is 0.267. The first kappa shape index (κ1) is 13.7. The van der Waals surface area contributed by atoms with E-state index in [4.69, 9.17) is 5.11 Å². The molecule has 0 aliphatic carbocycles. The van der Waals surface area contributed by atoms with E-state index in [-0.39, 0.29) is 6.42 Å². The predicted molar refractivity (Wildman–Crippen MR) is 69.1 cm³/mol. The molecule has 1 rings (SSSR count). The van der Waals surface area contributed by atoms with E-state index in [1.165, 1.54) is 5.56 Å². The first-order valence-electron chi connectivity index (χ1n) is 6.13. The highest BCUT2D eigenvalue weighted by Crippen LogP contribution is 2.03. The monoisotopic (exact) mass is 235 g/mol. The number of aliphatic carboxylic acids is 1. The highest BCUT2D eigenvalue weighted by atomic mass is 16.4. The van der Waals surface area contributed by atoms with E-state index in [0.29, 0.717) is 0 Å². The average molecular weight is 235 g/mol. The van der Waals surface area contributed by atoms with Gasteiger partial charge in [-0.15, -0.1) is 0 Å². The fourth-order valence-corrected chi connectivity index (χ4v) is 1.81. The second kappa shape index (κ2) is 7.85. The largest absolute Gasteiger partial charge is 0.481 e. The van der Waals surface area contributed by atoms with Crippen LogP contribution in [-0.2, 0) is 11.2 Å². The molecule has 3 nitrogen and oxygen atoms in total. The molecule has 0 atom stereocenters. The van der Waals surface area contributed by atoms with Crippen LogP contribution in [0.3, 0.4) is 0 Å². The molecule has 0 bridgehead atoms. The van der Waals surface area contributed by atoms with Gasteiger partial charge < -0.3 is 10.0 Å². The quantitative estimate of drug-likeness (QED) is 0.752. The van der Waals surface area contributed by atoms with Gasteiger partial charge in [0.1, 0.15) is 0 Å². The maximum absolute atomic E-state index is 10.4. The van der Waals surface area contributed by atoms with Gasteiger partial charge in [0.15, 0.2) is 0 Å². The van der Waals surface area contributed by atoms with Crippen molar-refractivity contribution < 1.29 is 9.90 Å². The van der Waals surface area contributed by atoms with Crippen LogP contribution in [0.25, 0.3) is 0 Å². The number of hydrogen-bond acceptors (Lipinski definition) is 2. The molecule has 0 amide bonds. The Morgan fingerprint density at radius 3 is 2.47 bits per heavy atom. The van der Waals surface area contributed by atoms with Crippen LogP contribution in [0.2, 0.25) is 0 Å². The molecule has 0 spiro atoms. The number of carboxylic acid groups (broad SMARTS) is 1. The lowest BCUT2D eigenvalue weighted by Gasteiger charge is -2.15. The minimum Gasteiger partial charge on any atom is -0.481 e. The average Bonchev–Trinajstić information content (AvgIpc) is 2.30. The summed E-state index contributed by atoms with van der Waals surface area (Å²) in [5.74, 6) is -0.706. The third kappa shape index (κ3) is 6.74. The van der Waals surface area contributed by atoms with Gasteiger partial charge in [0.05, 0.1) is 0 Å². The summed E-state index contributed by atoms with van der Waals surface area (Å²) in [6, 6.07) is 10.4. The second-order valence-corrected chi connectivity index (χ2v) is 4.39. The summed E-state index contributed by atoms with van der Waals surface area (Å²) in [6.45, 7) is 1.88. The van der Waals surface area contributed by atoms with Crippen LogP contribution in [-0.4, -0.2) is 36.1 Å². The van der Waals surface area contributed by atoms with Crippen molar-refractivity contribution in [2.24, 2.45) is 0 Å². The van der Waals surface area contributed by atoms with Gasteiger partial charge >= 0.3 is 5.97 Å². The van der Waals surface area contributed by atoms with E-state index in [9.17, 15) is 4.79 Å². The van der Waals surface area contributed by atoms with Gasteiger partial charge in [0.2, 0.25) is 0 Å². The maximum Gasteiger partial charge on any atom is 0.303 e. The Hall–Kier alpha value is -1.35. The molecule has 0 radical (unpaired) electrons. The van der Waals surface area contributed by atoms with Crippen molar-refractivity contribution in [1.29, 1.82) is 0 Å². The molecule has 1 N–H and O–H groups in total. The van der Waals surface area contributed by atoms with Gasteiger partial charge in [-0.25, -0.2) is 0 Å². The van der Waals surface area contributed by atoms with Gasteiger partial charge in [0.25, 0.3) is 0 Å². The zero-order valence-electron chi connectivity index (χ0n) is 10.4. The van der Waals surface area contributed by atoms with Crippen molar-refractivity contribution in [3.8, 4) is 0 Å². The predicted octanol–water partition coefficient (Wildman–Crippen LogP) is 2.42. The van der Waals surface area contributed by atoms with Crippen LogP contribution < -0.4 is 0 Å². The summed E-state index contributed by atoms with van der Waals surface area (Å²) in [4.78, 5) is 12.6. The topological polar surface area (TPSA) is 40.5 Å². The highest BCUT2D eigenvalue weighted by molar-refractivity contribution is 5.66. The molecule has 0 aliphatic heterocycles. The van der Waals surface area contributed by atoms with Crippen molar-refractivity contribution in [3.05, 3.63) is 35.9 Å². The summed E-state index contributed by atoms with van der Waals surface area (Å²) in [6.07, 6.45) is 3.21. The molecule has 94 valence electrons. The minimum atomic E-state index is -0.706. The van der Waals surface area contributed by atoms with Gasteiger partial charge in [-0.05, 0) is 45.0 Å². The molecule has 17 heavy (non-hydrogen) atoms. The molecule has 3 heteroatoms. The number of carbonyl (C=O) groups is 1. The molecule has 0 aromatic heterocycles. The molecule has 0 saturated carbocycles. The number of hydrogen-bond donors (Lipinski definition) is 1. The number of aryl methyl sites for hydroxylation is 1. The molecule has 0 heterocycles. The van der Waals surface area contributed by atoms with Crippen molar-refractivity contribution in [2.75, 3.05) is 20.1 Å². The van der Waals surface area contributed by atoms with Crippen molar-refractivity contribution in [3.63, 3.8) is 0 Å². The molecule has 0 aliphatic rings. The number of rotatable bonds is 8. The van der Waals surface area contributed by atoms with Crippen LogP contribution in [0.1, 0.15) is 24.8 Å². The Balaban J connectivity index is 2.08. The van der Waals surface area contributed by atoms with Crippen LogP contribution in [0.4, 0.5) is 0 Å². The Morgan fingerprint density at radius 2 is 1.82 bits per heavy atom. The highest BCUT2D eigenvalue weighted by Gasteiger charge is 2.01. The summed E-state index contributed by atoms with van der Waals surface area (Å²) >= 11 is 0. The van der Waals surface area contributed by atoms with Crippen LogP contribution in [0, 0.1) is 0 Å². The lowest BCUT2D eigenvalue weighted by atomic mass is 10.1. The first-order valence-corrected chi connectivity index (χ1v) is 6.13. The third-order valence-corrected chi connectivity index (χ3v) is 2.78. The van der Waals surface area contributed by atoms with E-state index in [2.05, 4.69) is 29.2 Å². The summed E-state index contributed by atoms with van der Waals surface area (Å²) in [5, 5.41) is 8.53. The summed E-state index contributed by atoms with van der Waals surface area (Å²) in [5.41, 5.74) is 1.37. The Morgan fingerprint density at radius 1 is 1.18 bits per heavy atom. The lowest BCUT2D eigenvalue weighted by Crippen LogP contribution is -2.21. The fourth-order valence-electron chi connectivity index (χ4n) is 1.81. The van der Waals surface area contributed by atoms with Crippen LogP contribution in [0.5, 0.6) is 0 Å². The molecule has 1 aromatic rings. The fraction of sp³-hybridized carbons (Fsp3) is 0.500. The second-order valence-electron chi connectivity index (χ2n) is 4.39. The van der Waals surface area contributed by atoms with Crippen LogP contribution in [0.15, 0.2) is 30.3 Å².